The summed E-state index contributed by atoms with van der Waals surface area (Å²) in [6.07, 6.45) is 1.86. The highest BCUT2D eigenvalue weighted by Crippen LogP contribution is 2.32. The monoisotopic (exact) mass is 339 g/mol. The molecule has 0 saturated carbocycles. The van der Waals surface area contributed by atoms with Crippen molar-refractivity contribution in [3.8, 4) is 5.75 Å². The second-order valence-electron chi connectivity index (χ2n) is 4.95. The summed E-state index contributed by atoms with van der Waals surface area (Å²) in [4.78, 5) is 15.1. The van der Waals surface area contributed by atoms with E-state index in [4.69, 9.17) is 33.0 Å². The van der Waals surface area contributed by atoms with Crippen LogP contribution in [0, 0.1) is 0 Å². The van der Waals surface area contributed by atoms with Crippen molar-refractivity contribution < 1.29 is 14.6 Å². The molecule has 1 N–H and O–H groups in total. The Bertz CT molecular complexity index is 704. The van der Waals surface area contributed by atoms with Crippen molar-refractivity contribution in [2.45, 2.75) is 19.3 Å². The van der Waals surface area contributed by atoms with E-state index in [9.17, 15) is 4.79 Å². The first-order valence-corrected chi connectivity index (χ1v) is 7.39. The van der Waals surface area contributed by atoms with Crippen LogP contribution in [0.4, 0.5) is 0 Å². The lowest BCUT2D eigenvalue weighted by atomic mass is 9.95. The van der Waals surface area contributed by atoms with Gasteiger partial charge in [0.2, 0.25) is 0 Å². The van der Waals surface area contributed by atoms with Crippen LogP contribution in [-0.2, 0) is 6.42 Å². The molecular weight excluding hydrogens is 325 g/mol. The maximum atomic E-state index is 10.9. The number of halogens is 2. The standard InChI is InChI=1S/C16H15Cl2NO3/c1-9(12-7-11(17)3-4-15(12)22-2)5-14-13(18)6-10(8-19-14)16(20)21/h3-4,6-9H,5H2,1-2H3,(H,20,21). The van der Waals surface area contributed by atoms with Crippen LogP contribution >= 0.6 is 23.2 Å². The second kappa shape index (κ2) is 6.99. The zero-order valence-electron chi connectivity index (χ0n) is 12.1. The van der Waals surface area contributed by atoms with Crippen LogP contribution in [0.5, 0.6) is 5.75 Å². The molecule has 0 saturated heterocycles. The highest BCUT2D eigenvalue weighted by Gasteiger charge is 2.16. The Labute approximate surface area is 138 Å². The number of methoxy groups -OCH3 is 1. The van der Waals surface area contributed by atoms with Gasteiger partial charge < -0.3 is 9.84 Å². The maximum Gasteiger partial charge on any atom is 0.337 e. The van der Waals surface area contributed by atoms with Gasteiger partial charge in [-0.15, -0.1) is 0 Å². The number of hydrogen-bond acceptors (Lipinski definition) is 3. The molecule has 2 aromatic rings. The van der Waals surface area contributed by atoms with Crippen LogP contribution in [0.25, 0.3) is 0 Å². The number of pyridine rings is 1. The summed E-state index contributed by atoms with van der Waals surface area (Å²) < 4.78 is 5.35. The highest BCUT2D eigenvalue weighted by molar-refractivity contribution is 6.31. The molecule has 0 radical (unpaired) electrons. The smallest absolute Gasteiger partial charge is 0.337 e. The van der Waals surface area contributed by atoms with E-state index >= 15 is 0 Å². The molecule has 0 aliphatic carbocycles. The first kappa shape index (κ1) is 16.6. The van der Waals surface area contributed by atoms with Crippen molar-refractivity contribution in [1.29, 1.82) is 0 Å². The van der Waals surface area contributed by atoms with Crippen LogP contribution in [0.2, 0.25) is 10.0 Å². The Kier molecular flexibility index (Phi) is 5.27. The van der Waals surface area contributed by atoms with E-state index in [2.05, 4.69) is 4.98 Å². The molecule has 4 nitrogen and oxygen atoms in total. The van der Waals surface area contributed by atoms with Crippen molar-refractivity contribution >= 4 is 29.2 Å². The molecule has 0 aliphatic heterocycles. The number of benzene rings is 1. The first-order chi connectivity index (χ1) is 10.4. The molecular formula is C16H15Cl2NO3. The van der Waals surface area contributed by atoms with Gasteiger partial charge in [0.25, 0.3) is 0 Å². The lowest BCUT2D eigenvalue weighted by Crippen LogP contribution is -2.05. The van der Waals surface area contributed by atoms with Gasteiger partial charge >= 0.3 is 5.97 Å². The number of carboxylic acids is 1. The van der Waals surface area contributed by atoms with E-state index in [1.165, 1.54) is 12.3 Å². The Morgan fingerprint density at radius 1 is 1.36 bits per heavy atom. The van der Waals surface area contributed by atoms with Crippen molar-refractivity contribution in [1.82, 2.24) is 4.98 Å². The minimum Gasteiger partial charge on any atom is -0.496 e. The van der Waals surface area contributed by atoms with Crippen LogP contribution in [0.15, 0.2) is 30.5 Å². The third-order valence-corrected chi connectivity index (χ3v) is 3.95. The fraction of sp³-hybridized carbons (Fsp3) is 0.250. The minimum atomic E-state index is -1.05. The molecule has 1 unspecified atom stereocenters. The van der Waals surface area contributed by atoms with E-state index < -0.39 is 5.97 Å². The van der Waals surface area contributed by atoms with E-state index in [0.29, 0.717) is 22.2 Å². The number of aromatic nitrogens is 1. The molecule has 1 heterocycles. The molecule has 1 atom stereocenters. The number of ether oxygens (including phenoxy) is 1. The first-order valence-electron chi connectivity index (χ1n) is 6.63. The molecule has 0 fully saturated rings. The number of carbonyl (C=O) groups is 1. The van der Waals surface area contributed by atoms with Crippen LogP contribution in [0.3, 0.4) is 0 Å². The molecule has 116 valence electrons. The molecule has 22 heavy (non-hydrogen) atoms. The molecule has 0 bridgehead atoms. The molecule has 0 spiro atoms. The van der Waals surface area contributed by atoms with Gasteiger partial charge in [0.05, 0.1) is 23.4 Å². The zero-order chi connectivity index (χ0) is 16.3. The topological polar surface area (TPSA) is 59.4 Å². The summed E-state index contributed by atoms with van der Waals surface area (Å²) >= 11 is 12.2. The van der Waals surface area contributed by atoms with E-state index in [0.717, 1.165) is 11.3 Å². The Hall–Kier alpha value is -1.78. The molecule has 6 heteroatoms. The van der Waals surface area contributed by atoms with Gasteiger partial charge in [-0.3, -0.25) is 4.98 Å². The van der Waals surface area contributed by atoms with Crippen molar-refractivity contribution in [2.24, 2.45) is 0 Å². The number of aromatic carboxylic acids is 1. The van der Waals surface area contributed by atoms with Crippen molar-refractivity contribution in [2.75, 3.05) is 7.11 Å². The predicted octanol–water partition coefficient (Wildman–Crippen LogP) is 4.44. The Morgan fingerprint density at radius 3 is 2.68 bits per heavy atom. The van der Waals surface area contributed by atoms with Crippen LogP contribution < -0.4 is 4.74 Å². The number of carboxylic acid groups (broad SMARTS) is 1. The Balaban J connectivity index is 2.27. The maximum absolute atomic E-state index is 10.9. The average molecular weight is 340 g/mol. The summed E-state index contributed by atoms with van der Waals surface area (Å²) in [6, 6.07) is 6.85. The molecule has 1 aromatic carbocycles. The van der Waals surface area contributed by atoms with E-state index in [1.807, 2.05) is 19.1 Å². The fourth-order valence-corrected chi connectivity index (χ4v) is 2.65. The van der Waals surface area contributed by atoms with Gasteiger partial charge in [-0.25, -0.2) is 4.79 Å². The van der Waals surface area contributed by atoms with E-state index in [1.54, 1.807) is 13.2 Å². The summed E-state index contributed by atoms with van der Waals surface area (Å²) in [5.74, 6) is -0.241. The summed E-state index contributed by atoms with van der Waals surface area (Å²) in [6.45, 7) is 2.01. The number of nitrogens with zero attached hydrogens (tertiary/aromatic N) is 1. The van der Waals surface area contributed by atoms with Gasteiger partial charge in [0.15, 0.2) is 0 Å². The van der Waals surface area contributed by atoms with Crippen LogP contribution in [0.1, 0.15) is 34.5 Å². The fourth-order valence-electron chi connectivity index (χ4n) is 2.22. The van der Waals surface area contributed by atoms with Crippen molar-refractivity contribution in [3.63, 3.8) is 0 Å². The third-order valence-electron chi connectivity index (χ3n) is 3.39. The number of hydrogen-bond donors (Lipinski definition) is 1. The highest BCUT2D eigenvalue weighted by atomic mass is 35.5. The number of rotatable bonds is 5. The lowest BCUT2D eigenvalue weighted by Gasteiger charge is -2.16. The lowest BCUT2D eigenvalue weighted by molar-refractivity contribution is 0.0696. The predicted molar refractivity (Wildman–Crippen MR) is 86.3 cm³/mol. The summed E-state index contributed by atoms with van der Waals surface area (Å²) in [5.41, 5.74) is 1.66. The molecule has 0 amide bonds. The molecule has 0 aliphatic rings. The molecule has 1 aromatic heterocycles. The quantitative estimate of drug-likeness (QED) is 0.874. The van der Waals surface area contributed by atoms with Gasteiger partial charge in [0.1, 0.15) is 5.75 Å². The normalized spacial score (nSPS) is 12.0. The van der Waals surface area contributed by atoms with Gasteiger partial charge in [0, 0.05) is 11.2 Å². The summed E-state index contributed by atoms with van der Waals surface area (Å²) in [7, 11) is 1.60. The van der Waals surface area contributed by atoms with E-state index in [-0.39, 0.29) is 11.5 Å². The minimum absolute atomic E-state index is 0.0642. The van der Waals surface area contributed by atoms with Gasteiger partial charge in [-0.05, 0) is 42.2 Å². The summed E-state index contributed by atoms with van der Waals surface area (Å²) in [5, 5.41) is 9.90. The third kappa shape index (κ3) is 3.70. The molecule has 2 rings (SSSR count). The van der Waals surface area contributed by atoms with Crippen molar-refractivity contribution in [3.05, 3.63) is 57.3 Å². The SMILES string of the molecule is COc1ccc(Cl)cc1C(C)Cc1ncc(C(=O)O)cc1Cl. The Morgan fingerprint density at radius 2 is 2.09 bits per heavy atom. The van der Waals surface area contributed by atoms with Gasteiger partial charge in [-0.1, -0.05) is 30.1 Å². The second-order valence-corrected chi connectivity index (χ2v) is 5.79. The van der Waals surface area contributed by atoms with Crippen LogP contribution in [-0.4, -0.2) is 23.2 Å². The average Bonchev–Trinajstić information content (AvgIpc) is 2.48. The zero-order valence-corrected chi connectivity index (χ0v) is 13.6. The van der Waals surface area contributed by atoms with Gasteiger partial charge in [-0.2, -0.15) is 0 Å². The largest absolute Gasteiger partial charge is 0.496 e.